The van der Waals surface area contributed by atoms with Crippen LogP contribution in [0.3, 0.4) is 0 Å². The van der Waals surface area contributed by atoms with E-state index in [1.54, 1.807) is 6.07 Å². The second kappa shape index (κ2) is 7.06. The Morgan fingerprint density at radius 2 is 2.04 bits per heavy atom. The predicted molar refractivity (Wildman–Crippen MR) is 90.5 cm³/mol. The van der Waals surface area contributed by atoms with Gasteiger partial charge >= 0.3 is 0 Å². The monoisotopic (exact) mass is 374 g/mol. The van der Waals surface area contributed by atoms with Gasteiger partial charge in [-0.2, -0.15) is 0 Å². The average Bonchev–Trinajstić information content (AvgIpc) is 2.95. The summed E-state index contributed by atoms with van der Waals surface area (Å²) in [5, 5.41) is 29.4. The number of fused-ring (bicyclic) bond motifs is 1. The highest BCUT2D eigenvalue weighted by molar-refractivity contribution is 6.42. The molecule has 2 aliphatic heterocycles. The molecule has 1 unspecified atom stereocenters. The number of hydrogen-bond donors (Lipinski definition) is 3. The van der Waals surface area contributed by atoms with Gasteiger partial charge < -0.3 is 20.2 Å². The molecule has 132 valence electrons. The van der Waals surface area contributed by atoms with E-state index in [0.29, 0.717) is 35.1 Å². The maximum atomic E-state index is 12.4. The van der Waals surface area contributed by atoms with Crippen molar-refractivity contribution in [1.29, 1.82) is 0 Å². The first-order chi connectivity index (χ1) is 11.4. The number of phenolic OH excluding ortho intramolecular Hbond substituents is 1. The molecule has 0 radical (unpaired) electrons. The second-order valence-corrected chi connectivity index (χ2v) is 7.24. The molecule has 3 rings (SSSR count). The SMILES string of the molecule is O=C1CN(CC(O)CO)C[C@@H]2C[C@H](c3c(O)ccc(Cl)c3Cl)CN12. The fraction of sp³-hybridized carbons (Fsp3) is 0.562. The molecule has 0 saturated carbocycles. The van der Waals surface area contributed by atoms with Crippen LogP contribution >= 0.6 is 23.2 Å². The smallest absolute Gasteiger partial charge is 0.237 e. The molecule has 8 heteroatoms. The van der Waals surface area contributed by atoms with Gasteiger partial charge in [-0.05, 0) is 18.6 Å². The Morgan fingerprint density at radius 3 is 2.75 bits per heavy atom. The summed E-state index contributed by atoms with van der Waals surface area (Å²) >= 11 is 12.3. The minimum atomic E-state index is -0.854. The second-order valence-electron chi connectivity index (χ2n) is 6.46. The van der Waals surface area contributed by atoms with Crippen LogP contribution in [-0.4, -0.2) is 76.0 Å². The van der Waals surface area contributed by atoms with Gasteiger partial charge in [0.1, 0.15) is 5.75 Å². The molecule has 2 fully saturated rings. The molecule has 1 aromatic rings. The molecule has 2 saturated heterocycles. The summed E-state index contributed by atoms with van der Waals surface area (Å²) < 4.78 is 0. The van der Waals surface area contributed by atoms with E-state index in [4.69, 9.17) is 28.3 Å². The highest BCUT2D eigenvalue weighted by atomic mass is 35.5. The predicted octanol–water partition coefficient (Wildman–Crippen LogP) is 1.05. The number of aliphatic hydroxyl groups is 2. The highest BCUT2D eigenvalue weighted by Gasteiger charge is 2.42. The lowest BCUT2D eigenvalue weighted by Crippen LogP contribution is -2.55. The van der Waals surface area contributed by atoms with Crippen molar-refractivity contribution in [3.8, 4) is 5.75 Å². The zero-order valence-corrected chi connectivity index (χ0v) is 14.5. The van der Waals surface area contributed by atoms with Crippen molar-refractivity contribution in [2.24, 2.45) is 0 Å². The third-order valence-electron chi connectivity index (χ3n) is 4.76. The number of halogens is 2. The molecule has 0 spiro atoms. The first-order valence-corrected chi connectivity index (χ1v) is 8.64. The topological polar surface area (TPSA) is 84.2 Å². The summed E-state index contributed by atoms with van der Waals surface area (Å²) in [5.41, 5.74) is 0.591. The van der Waals surface area contributed by atoms with E-state index in [9.17, 15) is 15.0 Å². The Labute approximate surface area is 150 Å². The van der Waals surface area contributed by atoms with Gasteiger partial charge in [0, 0.05) is 37.2 Å². The molecule has 3 atom stereocenters. The van der Waals surface area contributed by atoms with Crippen molar-refractivity contribution in [3.05, 3.63) is 27.7 Å². The molecule has 0 aromatic heterocycles. The summed E-state index contributed by atoms with van der Waals surface area (Å²) in [6.07, 6.45) is -0.182. The van der Waals surface area contributed by atoms with Gasteiger partial charge in [0.25, 0.3) is 0 Å². The van der Waals surface area contributed by atoms with Crippen LogP contribution in [0.25, 0.3) is 0 Å². The average molecular weight is 375 g/mol. The lowest BCUT2D eigenvalue weighted by molar-refractivity contribution is -0.138. The van der Waals surface area contributed by atoms with Crippen LogP contribution in [0.1, 0.15) is 17.9 Å². The lowest BCUT2D eigenvalue weighted by Gasteiger charge is -2.37. The summed E-state index contributed by atoms with van der Waals surface area (Å²) in [4.78, 5) is 16.1. The molecule has 2 aliphatic rings. The quantitative estimate of drug-likeness (QED) is 0.733. The summed E-state index contributed by atoms with van der Waals surface area (Å²) in [5.74, 6) is -0.00125. The maximum absolute atomic E-state index is 12.4. The van der Waals surface area contributed by atoms with Crippen LogP contribution in [0.5, 0.6) is 5.75 Å². The van der Waals surface area contributed by atoms with Crippen LogP contribution in [0.4, 0.5) is 0 Å². The van der Waals surface area contributed by atoms with Crippen LogP contribution in [-0.2, 0) is 4.79 Å². The fourth-order valence-electron chi connectivity index (χ4n) is 3.69. The molecule has 6 nitrogen and oxygen atoms in total. The minimum Gasteiger partial charge on any atom is -0.508 e. The number of amides is 1. The van der Waals surface area contributed by atoms with Gasteiger partial charge in [0.15, 0.2) is 0 Å². The van der Waals surface area contributed by atoms with Crippen LogP contribution in [0, 0.1) is 0 Å². The van der Waals surface area contributed by atoms with Gasteiger partial charge in [-0.1, -0.05) is 23.2 Å². The van der Waals surface area contributed by atoms with Gasteiger partial charge in [-0.15, -0.1) is 0 Å². The van der Waals surface area contributed by atoms with Crippen molar-refractivity contribution in [2.75, 3.05) is 32.8 Å². The van der Waals surface area contributed by atoms with Gasteiger partial charge in [-0.3, -0.25) is 9.69 Å². The van der Waals surface area contributed by atoms with Crippen molar-refractivity contribution in [2.45, 2.75) is 24.5 Å². The zero-order chi connectivity index (χ0) is 17.4. The molecule has 1 aromatic carbocycles. The first kappa shape index (κ1) is 17.8. The lowest BCUT2D eigenvalue weighted by atomic mass is 9.95. The van der Waals surface area contributed by atoms with Crippen LogP contribution in [0.2, 0.25) is 10.0 Å². The normalized spacial score (nSPS) is 25.8. The van der Waals surface area contributed by atoms with E-state index >= 15 is 0 Å². The largest absolute Gasteiger partial charge is 0.508 e. The Kier molecular flexibility index (Phi) is 5.22. The number of aromatic hydroxyl groups is 1. The molecular formula is C16H20Cl2N2O4. The third kappa shape index (κ3) is 3.34. The Bertz CT molecular complexity index is 643. The van der Waals surface area contributed by atoms with E-state index < -0.39 is 6.10 Å². The Hall–Kier alpha value is -1.05. The highest BCUT2D eigenvalue weighted by Crippen LogP contribution is 2.43. The number of phenols is 1. The van der Waals surface area contributed by atoms with E-state index in [-0.39, 0.29) is 43.3 Å². The summed E-state index contributed by atoms with van der Waals surface area (Å²) in [6, 6.07) is 3.07. The third-order valence-corrected chi connectivity index (χ3v) is 5.58. The fourth-order valence-corrected chi connectivity index (χ4v) is 4.17. The van der Waals surface area contributed by atoms with Gasteiger partial charge in [-0.25, -0.2) is 0 Å². The van der Waals surface area contributed by atoms with Gasteiger partial charge in [0.2, 0.25) is 5.91 Å². The molecule has 0 bridgehead atoms. The standard InChI is InChI=1S/C16H20Cl2N2O4/c17-12-1-2-13(23)15(16(12)18)9-3-10-5-19(6-11(22)8-21)7-14(24)20(10)4-9/h1-2,9-11,21-23H,3-8H2/t9-,10-,11?/m0/s1. The summed E-state index contributed by atoms with van der Waals surface area (Å²) in [7, 11) is 0. The van der Waals surface area contributed by atoms with E-state index in [1.165, 1.54) is 6.07 Å². The number of benzene rings is 1. The van der Waals surface area contributed by atoms with Crippen LogP contribution < -0.4 is 0 Å². The number of carbonyl (C=O) groups is 1. The maximum Gasteiger partial charge on any atom is 0.237 e. The number of hydrogen-bond acceptors (Lipinski definition) is 5. The molecule has 0 aliphatic carbocycles. The number of carbonyl (C=O) groups excluding carboxylic acids is 1. The van der Waals surface area contributed by atoms with Crippen molar-refractivity contribution < 1.29 is 20.1 Å². The minimum absolute atomic E-state index is 0.00316. The number of nitrogens with zero attached hydrogens (tertiary/aromatic N) is 2. The van der Waals surface area contributed by atoms with E-state index in [0.717, 1.165) is 0 Å². The summed E-state index contributed by atoms with van der Waals surface area (Å²) in [6.45, 7) is 1.27. The molecule has 24 heavy (non-hydrogen) atoms. The number of aliphatic hydroxyl groups excluding tert-OH is 2. The van der Waals surface area contributed by atoms with Crippen LogP contribution in [0.15, 0.2) is 12.1 Å². The number of rotatable bonds is 4. The first-order valence-electron chi connectivity index (χ1n) is 7.88. The van der Waals surface area contributed by atoms with E-state index in [1.807, 2.05) is 9.80 Å². The van der Waals surface area contributed by atoms with Crippen molar-refractivity contribution in [3.63, 3.8) is 0 Å². The number of β-amino-alcohol motifs (C(OH)–C–C–N with tert-alkyl or cyclic N) is 1. The van der Waals surface area contributed by atoms with Crippen molar-refractivity contribution in [1.82, 2.24) is 9.80 Å². The Balaban J connectivity index is 1.77. The molecule has 2 heterocycles. The molecular weight excluding hydrogens is 355 g/mol. The Morgan fingerprint density at radius 1 is 1.29 bits per heavy atom. The zero-order valence-electron chi connectivity index (χ0n) is 13.0. The number of piperazine rings is 1. The van der Waals surface area contributed by atoms with E-state index in [2.05, 4.69) is 0 Å². The molecule has 1 amide bonds. The van der Waals surface area contributed by atoms with Gasteiger partial charge in [0.05, 0.1) is 29.3 Å². The van der Waals surface area contributed by atoms with Crippen molar-refractivity contribution >= 4 is 29.1 Å². The molecule has 3 N–H and O–H groups in total.